The zero-order chi connectivity index (χ0) is 25.9. The van der Waals surface area contributed by atoms with Crippen molar-refractivity contribution >= 4 is 42.8 Å². The third kappa shape index (κ3) is 5.06. The number of rotatable bonds is 8. The van der Waals surface area contributed by atoms with Gasteiger partial charge in [0.15, 0.2) is 5.78 Å². The van der Waals surface area contributed by atoms with Crippen LogP contribution in [0.3, 0.4) is 0 Å². The molecule has 0 aromatic heterocycles. The second-order valence-corrected chi connectivity index (χ2v) is 10.7. The Balaban J connectivity index is 1.90. The van der Waals surface area contributed by atoms with E-state index >= 15 is 0 Å². The number of fused-ring (bicyclic) bond motifs is 1. The second kappa shape index (κ2) is 10.0. The first-order valence-electron chi connectivity index (χ1n) is 10.7. The van der Waals surface area contributed by atoms with Gasteiger partial charge in [-0.05, 0) is 48.0 Å². The van der Waals surface area contributed by atoms with E-state index < -0.39 is 36.9 Å². The first-order chi connectivity index (χ1) is 17.1. The molecule has 0 saturated carbocycles. The summed E-state index contributed by atoms with van der Waals surface area (Å²) < 4.78 is 60.8. The van der Waals surface area contributed by atoms with Crippen LogP contribution in [0.5, 0.6) is 0 Å². The zero-order valence-corrected chi connectivity index (χ0v) is 20.6. The van der Waals surface area contributed by atoms with Gasteiger partial charge in [0.25, 0.3) is 10.1 Å². The number of carbonyl (C=O) groups excluding carboxylic acids is 2. The lowest BCUT2D eigenvalue weighted by atomic mass is 9.97. The van der Waals surface area contributed by atoms with Gasteiger partial charge in [-0.25, -0.2) is 4.79 Å². The molecule has 0 unspecified atom stereocenters. The maximum absolute atomic E-state index is 13.5. The normalized spacial score (nSPS) is 11.8. The third-order valence-corrected chi connectivity index (χ3v) is 7.87. The average Bonchev–Trinajstić information content (AvgIpc) is 2.88. The van der Waals surface area contributed by atoms with Crippen LogP contribution in [0.25, 0.3) is 10.8 Å². The van der Waals surface area contributed by atoms with Crippen molar-refractivity contribution < 1.29 is 34.8 Å². The highest BCUT2D eigenvalue weighted by Crippen LogP contribution is 2.31. The standard InChI is InChI=1S/C26H20O8S2/c1-2-33-35(29,30)21-14-15-22-20(17-21)13-16-23(24(22)25(27)18-9-5-3-6-10-18)36(31,32)34-26(28)19-11-7-4-8-12-19/h3-17H,2H2,1H3. The smallest absolute Gasteiger partial charge is 0.338 e. The van der Waals surface area contributed by atoms with Crippen LogP contribution in [-0.4, -0.2) is 35.2 Å². The Hall–Kier alpha value is -3.86. The minimum absolute atomic E-state index is 0.0172. The molecule has 0 fully saturated rings. The molecule has 0 atom stereocenters. The monoisotopic (exact) mass is 524 g/mol. The van der Waals surface area contributed by atoms with E-state index in [0.717, 1.165) is 6.07 Å². The largest absolute Gasteiger partial charge is 0.354 e. The lowest BCUT2D eigenvalue weighted by Crippen LogP contribution is -2.17. The molecular weight excluding hydrogens is 504 g/mol. The maximum Gasteiger partial charge on any atom is 0.354 e. The van der Waals surface area contributed by atoms with E-state index in [1.54, 1.807) is 36.4 Å². The molecule has 0 radical (unpaired) electrons. The number of hydrogen-bond acceptors (Lipinski definition) is 8. The summed E-state index contributed by atoms with van der Waals surface area (Å²) in [5, 5.41) is 0.444. The molecule has 0 aliphatic rings. The van der Waals surface area contributed by atoms with Gasteiger partial charge in [-0.2, -0.15) is 16.8 Å². The predicted octanol–water partition coefficient (Wildman–Crippen LogP) is 4.34. The third-order valence-electron chi connectivity index (χ3n) is 5.24. The van der Waals surface area contributed by atoms with Gasteiger partial charge in [0.1, 0.15) is 4.90 Å². The molecule has 4 aromatic carbocycles. The molecule has 0 bridgehead atoms. The van der Waals surface area contributed by atoms with Crippen molar-refractivity contribution in [2.75, 3.05) is 6.61 Å². The van der Waals surface area contributed by atoms with Crippen molar-refractivity contribution in [3.8, 4) is 0 Å². The summed E-state index contributed by atoms with van der Waals surface area (Å²) in [5.74, 6) is -1.75. The fourth-order valence-corrected chi connectivity index (χ4v) is 5.63. The molecule has 0 heterocycles. The minimum Gasteiger partial charge on any atom is -0.338 e. The molecule has 0 aliphatic carbocycles. The first-order valence-corrected chi connectivity index (χ1v) is 13.6. The quantitative estimate of drug-likeness (QED) is 0.247. The maximum atomic E-state index is 13.5. The van der Waals surface area contributed by atoms with E-state index in [1.165, 1.54) is 55.5 Å². The number of benzene rings is 4. The Morgan fingerprint density at radius 2 is 1.33 bits per heavy atom. The Bertz CT molecular complexity index is 1660. The Labute approximate surface area is 208 Å². The highest BCUT2D eigenvalue weighted by molar-refractivity contribution is 7.87. The van der Waals surface area contributed by atoms with Gasteiger partial charge in [-0.1, -0.05) is 60.7 Å². The van der Waals surface area contributed by atoms with Crippen LogP contribution in [0.15, 0.2) is 101 Å². The number of carbonyl (C=O) groups is 2. The van der Waals surface area contributed by atoms with E-state index in [-0.39, 0.29) is 39.0 Å². The van der Waals surface area contributed by atoms with Gasteiger partial charge in [-0.3, -0.25) is 8.98 Å². The van der Waals surface area contributed by atoms with Crippen molar-refractivity contribution in [3.05, 3.63) is 108 Å². The molecule has 4 rings (SSSR count). The van der Waals surface area contributed by atoms with Crippen molar-refractivity contribution in [1.29, 1.82) is 0 Å². The predicted molar refractivity (Wildman–Crippen MR) is 132 cm³/mol. The SMILES string of the molecule is CCOS(=O)(=O)c1ccc2c(C(=O)c3ccccc3)c(S(=O)(=O)OC(=O)c3ccccc3)ccc2c1. The fraction of sp³-hybridized carbons (Fsp3) is 0.0769. The van der Waals surface area contributed by atoms with Crippen LogP contribution in [0, 0.1) is 0 Å². The highest BCUT2D eigenvalue weighted by atomic mass is 32.2. The van der Waals surface area contributed by atoms with Crippen molar-refractivity contribution in [1.82, 2.24) is 0 Å². The Morgan fingerprint density at radius 1 is 0.722 bits per heavy atom. The van der Waals surface area contributed by atoms with Gasteiger partial charge < -0.3 is 4.18 Å². The van der Waals surface area contributed by atoms with E-state index in [9.17, 15) is 26.4 Å². The number of ketones is 1. The van der Waals surface area contributed by atoms with E-state index in [1.807, 2.05) is 0 Å². The Morgan fingerprint density at radius 3 is 1.94 bits per heavy atom. The van der Waals surface area contributed by atoms with Crippen LogP contribution < -0.4 is 0 Å². The summed E-state index contributed by atoms with van der Waals surface area (Å²) in [6.45, 7) is 1.46. The summed E-state index contributed by atoms with van der Waals surface area (Å²) in [5.41, 5.74) is -0.0367. The summed E-state index contributed by atoms with van der Waals surface area (Å²) in [7, 11) is -8.79. The van der Waals surface area contributed by atoms with Crippen molar-refractivity contribution in [2.24, 2.45) is 0 Å². The summed E-state index contributed by atoms with van der Waals surface area (Å²) in [6, 6.07) is 21.8. The fourth-order valence-electron chi connectivity index (χ4n) is 3.61. The van der Waals surface area contributed by atoms with Crippen LogP contribution in [0.1, 0.15) is 33.2 Å². The molecule has 4 aromatic rings. The molecule has 0 N–H and O–H groups in total. The molecule has 0 spiro atoms. The average molecular weight is 525 g/mol. The topological polar surface area (TPSA) is 121 Å². The van der Waals surface area contributed by atoms with Crippen molar-refractivity contribution in [2.45, 2.75) is 16.7 Å². The van der Waals surface area contributed by atoms with E-state index in [0.29, 0.717) is 0 Å². The Kier molecular flexibility index (Phi) is 7.02. The molecule has 10 heteroatoms. The van der Waals surface area contributed by atoms with Gasteiger partial charge in [0.2, 0.25) is 0 Å². The lowest BCUT2D eigenvalue weighted by Gasteiger charge is -2.14. The molecule has 0 aliphatic heterocycles. The lowest BCUT2D eigenvalue weighted by molar-refractivity contribution is 0.0745. The molecule has 36 heavy (non-hydrogen) atoms. The molecule has 184 valence electrons. The van der Waals surface area contributed by atoms with Gasteiger partial charge >= 0.3 is 16.1 Å². The summed E-state index contributed by atoms with van der Waals surface area (Å²) in [6.07, 6.45) is 0. The van der Waals surface area contributed by atoms with Crippen LogP contribution in [0.2, 0.25) is 0 Å². The zero-order valence-electron chi connectivity index (χ0n) is 18.9. The molecule has 8 nitrogen and oxygen atoms in total. The first kappa shape index (κ1) is 25.2. The summed E-state index contributed by atoms with van der Waals surface area (Å²) in [4.78, 5) is 25.3. The molecule has 0 amide bonds. The van der Waals surface area contributed by atoms with E-state index in [4.69, 9.17) is 8.37 Å². The van der Waals surface area contributed by atoms with Gasteiger partial charge in [0, 0.05) is 5.56 Å². The number of hydrogen-bond donors (Lipinski definition) is 0. The summed E-state index contributed by atoms with van der Waals surface area (Å²) >= 11 is 0. The molecule has 0 saturated heterocycles. The van der Waals surface area contributed by atoms with Gasteiger partial charge in [-0.15, -0.1) is 0 Å². The molecular formula is C26H20O8S2. The van der Waals surface area contributed by atoms with Crippen LogP contribution in [-0.2, 0) is 28.6 Å². The van der Waals surface area contributed by atoms with E-state index in [2.05, 4.69) is 0 Å². The van der Waals surface area contributed by atoms with Crippen LogP contribution >= 0.6 is 0 Å². The van der Waals surface area contributed by atoms with Crippen LogP contribution in [0.4, 0.5) is 0 Å². The second-order valence-electron chi connectivity index (χ2n) is 7.57. The highest BCUT2D eigenvalue weighted by Gasteiger charge is 2.30. The minimum atomic E-state index is -4.74. The van der Waals surface area contributed by atoms with Gasteiger partial charge in [0.05, 0.1) is 22.6 Å². The van der Waals surface area contributed by atoms with Crippen molar-refractivity contribution in [3.63, 3.8) is 0 Å².